The molecule has 0 spiro atoms. The first-order valence-electron chi connectivity index (χ1n) is 5.76. The SMILES string of the molecule is CC=CC(=O)Nc1cccc(Cn2ccnc2)c1. The summed E-state index contributed by atoms with van der Waals surface area (Å²) in [6, 6.07) is 7.78. The molecular formula is C14H15N3O. The van der Waals surface area contributed by atoms with Gasteiger partial charge in [-0.25, -0.2) is 4.98 Å². The van der Waals surface area contributed by atoms with E-state index < -0.39 is 0 Å². The number of nitrogens with zero attached hydrogens (tertiary/aromatic N) is 2. The Morgan fingerprint density at radius 2 is 2.39 bits per heavy atom. The highest BCUT2D eigenvalue weighted by molar-refractivity contribution is 5.99. The standard InChI is InChI=1S/C14H15N3O/c1-2-4-14(18)16-13-6-3-5-12(9-13)10-17-8-7-15-11-17/h2-9,11H,10H2,1H3,(H,16,18). The average Bonchev–Trinajstić information content (AvgIpc) is 2.82. The maximum atomic E-state index is 11.4. The van der Waals surface area contributed by atoms with Crippen molar-refractivity contribution in [1.29, 1.82) is 0 Å². The Bertz CT molecular complexity index is 544. The van der Waals surface area contributed by atoms with Crippen LogP contribution in [0.15, 0.2) is 55.1 Å². The van der Waals surface area contributed by atoms with Gasteiger partial charge in [0, 0.05) is 24.6 Å². The molecule has 4 heteroatoms. The number of rotatable bonds is 4. The van der Waals surface area contributed by atoms with E-state index in [0.717, 1.165) is 17.8 Å². The Morgan fingerprint density at radius 3 is 3.11 bits per heavy atom. The fourth-order valence-corrected chi connectivity index (χ4v) is 1.67. The minimum absolute atomic E-state index is 0.114. The molecule has 92 valence electrons. The molecule has 0 saturated carbocycles. The normalized spacial score (nSPS) is 10.7. The predicted molar refractivity (Wildman–Crippen MR) is 71.2 cm³/mol. The van der Waals surface area contributed by atoms with Crippen molar-refractivity contribution in [3.05, 3.63) is 60.7 Å². The summed E-state index contributed by atoms with van der Waals surface area (Å²) in [6.45, 7) is 2.56. The number of nitrogens with one attached hydrogen (secondary N) is 1. The minimum atomic E-state index is -0.114. The van der Waals surface area contributed by atoms with Gasteiger partial charge >= 0.3 is 0 Å². The van der Waals surface area contributed by atoms with Crippen LogP contribution in [0.5, 0.6) is 0 Å². The number of imidazole rings is 1. The number of amides is 1. The predicted octanol–water partition coefficient (Wildman–Crippen LogP) is 2.45. The van der Waals surface area contributed by atoms with Crippen LogP contribution >= 0.6 is 0 Å². The number of anilines is 1. The molecule has 1 aromatic heterocycles. The molecule has 2 rings (SSSR count). The molecule has 0 aliphatic carbocycles. The fraction of sp³-hybridized carbons (Fsp3) is 0.143. The van der Waals surface area contributed by atoms with Crippen molar-refractivity contribution in [2.24, 2.45) is 0 Å². The van der Waals surface area contributed by atoms with E-state index in [9.17, 15) is 4.79 Å². The second kappa shape index (κ2) is 5.82. The largest absolute Gasteiger partial charge is 0.333 e. The molecule has 0 aliphatic heterocycles. The van der Waals surface area contributed by atoms with Crippen molar-refractivity contribution >= 4 is 11.6 Å². The van der Waals surface area contributed by atoms with Gasteiger partial charge in [0.2, 0.25) is 5.91 Å². The highest BCUT2D eigenvalue weighted by atomic mass is 16.1. The third-order valence-electron chi connectivity index (χ3n) is 2.44. The van der Waals surface area contributed by atoms with Gasteiger partial charge in [-0.1, -0.05) is 18.2 Å². The highest BCUT2D eigenvalue weighted by Gasteiger charge is 1.99. The van der Waals surface area contributed by atoms with Crippen LogP contribution in [-0.2, 0) is 11.3 Å². The molecule has 0 fully saturated rings. The summed E-state index contributed by atoms with van der Waals surface area (Å²) < 4.78 is 1.98. The van der Waals surface area contributed by atoms with E-state index in [1.807, 2.05) is 42.0 Å². The summed E-state index contributed by atoms with van der Waals surface area (Å²) in [5.41, 5.74) is 1.92. The Kier molecular flexibility index (Phi) is 3.91. The summed E-state index contributed by atoms with van der Waals surface area (Å²) in [4.78, 5) is 15.4. The summed E-state index contributed by atoms with van der Waals surface area (Å²) in [7, 11) is 0. The van der Waals surface area contributed by atoms with Crippen LogP contribution in [0.3, 0.4) is 0 Å². The number of hydrogen-bond acceptors (Lipinski definition) is 2. The number of allylic oxidation sites excluding steroid dienone is 1. The molecule has 4 nitrogen and oxygen atoms in total. The molecule has 1 amide bonds. The lowest BCUT2D eigenvalue weighted by molar-refractivity contribution is -0.111. The topological polar surface area (TPSA) is 46.9 Å². The molecule has 0 unspecified atom stereocenters. The molecule has 0 atom stereocenters. The van der Waals surface area contributed by atoms with E-state index in [1.54, 1.807) is 18.6 Å². The first kappa shape index (κ1) is 12.1. The van der Waals surface area contributed by atoms with Crippen LogP contribution in [0.2, 0.25) is 0 Å². The number of hydrogen-bond donors (Lipinski definition) is 1. The lowest BCUT2D eigenvalue weighted by Crippen LogP contribution is -2.08. The van der Waals surface area contributed by atoms with Gasteiger partial charge in [-0.3, -0.25) is 4.79 Å². The van der Waals surface area contributed by atoms with Crippen molar-refractivity contribution in [2.75, 3.05) is 5.32 Å². The second-order valence-corrected chi connectivity index (χ2v) is 3.92. The zero-order chi connectivity index (χ0) is 12.8. The Labute approximate surface area is 106 Å². The maximum absolute atomic E-state index is 11.4. The van der Waals surface area contributed by atoms with Crippen LogP contribution in [0.4, 0.5) is 5.69 Å². The zero-order valence-electron chi connectivity index (χ0n) is 10.2. The van der Waals surface area contributed by atoms with Crippen molar-refractivity contribution in [3.63, 3.8) is 0 Å². The fourth-order valence-electron chi connectivity index (χ4n) is 1.67. The summed E-state index contributed by atoms with van der Waals surface area (Å²) >= 11 is 0. The van der Waals surface area contributed by atoms with E-state index >= 15 is 0 Å². The van der Waals surface area contributed by atoms with Crippen molar-refractivity contribution < 1.29 is 4.79 Å². The third kappa shape index (κ3) is 3.31. The van der Waals surface area contributed by atoms with E-state index in [2.05, 4.69) is 10.3 Å². The van der Waals surface area contributed by atoms with Crippen molar-refractivity contribution in [3.8, 4) is 0 Å². The summed E-state index contributed by atoms with van der Waals surface area (Å²) in [5, 5.41) is 2.81. The van der Waals surface area contributed by atoms with Crippen LogP contribution in [-0.4, -0.2) is 15.5 Å². The van der Waals surface area contributed by atoms with E-state index in [4.69, 9.17) is 0 Å². The summed E-state index contributed by atoms with van der Waals surface area (Å²) in [6.07, 6.45) is 8.64. The van der Waals surface area contributed by atoms with Gasteiger partial charge in [0.1, 0.15) is 0 Å². The van der Waals surface area contributed by atoms with Gasteiger partial charge in [0.25, 0.3) is 0 Å². The molecule has 2 aromatic rings. The van der Waals surface area contributed by atoms with Crippen molar-refractivity contribution in [2.45, 2.75) is 13.5 Å². The first-order valence-corrected chi connectivity index (χ1v) is 5.76. The highest BCUT2D eigenvalue weighted by Crippen LogP contribution is 2.12. The van der Waals surface area contributed by atoms with Crippen LogP contribution < -0.4 is 5.32 Å². The van der Waals surface area contributed by atoms with Gasteiger partial charge in [0.15, 0.2) is 0 Å². The molecule has 0 bridgehead atoms. The Hall–Kier alpha value is -2.36. The molecule has 1 aromatic carbocycles. The lowest BCUT2D eigenvalue weighted by Gasteiger charge is -2.06. The van der Waals surface area contributed by atoms with E-state index in [-0.39, 0.29) is 5.91 Å². The summed E-state index contributed by atoms with van der Waals surface area (Å²) in [5.74, 6) is -0.114. The van der Waals surface area contributed by atoms with E-state index in [1.165, 1.54) is 6.08 Å². The quantitative estimate of drug-likeness (QED) is 0.836. The maximum Gasteiger partial charge on any atom is 0.248 e. The molecule has 0 aliphatic rings. The van der Waals surface area contributed by atoms with Crippen LogP contribution in [0.25, 0.3) is 0 Å². The van der Waals surface area contributed by atoms with Crippen LogP contribution in [0, 0.1) is 0 Å². The van der Waals surface area contributed by atoms with Gasteiger partial charge in [-0.15, -0.1) is 0 Å². The first-order chi connectivity index (χ1) is 8.78. The molecule has 1 N–H and O–H groups in total. The Morgan fingerprint density at radius 1 is 1.50 bits per heavy atom. The monoisotopic (exact) mass is 241 g/mol. The molecule has 1 heterocycles. The second-order valence-electron chi connectivity index (χ2n) is 3.92. The van der Waals surface area contributed by atoms with Gasteiger partial charge in [-0.05, 0) is 30.7 Å². The smallest absolute Gasteiger partial charge is 0.248 e. The molecular weight excluding hydrogens is 226 g/mol. The van der Waals surface area contributed by atoms with Crippen molar-refractivity contribution in [1.82, 2.24) is 9.55 Å². The van der Waals surface area contributed by atoms with Gasteiger partial charge < -0.3 is 9.88 Å². The molecule has 18 heavy (non-hydrogen) atoms. The molecule has 0 radical (unpaired) electrons. The van der Waals surface area contributed by atoms with E-state index in [0.29, 0.717) is 0 Å². The lowest BCUT2D eigenvalue weighted by atomic mass is 10.2. The average molecular weight is 241 g/mol. The third-order valence-corrected chi connectivity index (χ3v) is 2.44. The van der Waals surface area contributed by atoms with Gasteiger partial charge in [-0.2, -0.15) is 0 Å². The minimum Gasteiger partial charge on any atom is -0.333 e. The molecule has 0 saturated heterocycles. The zero-order valence-corrected chi connectivity index (χ0v) is 10.2. The number of carbonyl (C=O) groups is 1. The number of benzene rings is 1. The van der Waals surface area contributed by atoms with Crippen LogP contribution in [0.1, 0.15) is 12.5 Å². The Balaban J connectivity index is 2.07. The van der Waals surface area contributed by atoms with Gasteiger partial charge in [0.05, 0.1) is 6.33 Å². The number of carbonyl (C=O) groups excluding carboxylic acids is 1. The number of aromatic nitrogens is 2.